The first-order valence-corrected chi connectivity index (χ1v) is 19.4. The van der Waals surface area contributed by atoms with E-state index in [1.807, 2.05) is 42.5 Å². The topological polar surface area (TPSA) is 43.0 Å². The Morgan fingerprint density at radius 1 is 0.444 bits per heavy atom. The monoisotopic (exact) mass is 694 g/mol. The third-order valence-corrected chi connectivity index (χ3v) is 13.2. The number of nitrogens with zero attached hydrogens (tertiary/aromatic N) is 4. The lowest BCUT2D eigenvalue weighted by atomic mass is 9.43. The van der Waals surface area contributed by atoms with E-state index in [4.69, 9.17) is 21.5 Å². The Morgan fingerprint density at radius 3 is 1.59 bits per heavy atom. The highest BCUT2D eigenvalue weighted by Gasteiger charge is 2.61. The van der Waals surface area contributed by atoms with Crippen LogP contribution in [0.2, 0.25) is 0 Å². The summed E-state index contributed by atoms with van der Waals surface area (Å²) < 4.78 is 0. The molecule has 1 heterocycles. The number of aromatic nitrogens is 3. The molecule has 4 nitrogen and oxygen atoms in total. The second-order valence-corrected chi connectivity index (χ2v) is 15.9. The van der Waals surface area contributed by atoms with Gasteiger partial charge in [-0.3, -0.25) is 0 Å². The Balaban J connectivity index is 1.09. The molecule has 0 N–H and O–H groups in total. The zero-order valence-electron chi connectivity index (χ0n) is 30.0. The fraction of sp³-hybridized carbons (Fsp3) is 0.200. The van der Waals surface area contributed by atoms with Crippen molar-refractivity contribution in [3.8, 4) is 67.5 Å². The van der Waals surface area contributed by atoms with Crippen LogP contribution in [0.3, 0.4) is 0 Å². The van der Waals surface area contributed by atoms with E-state index in [1.54, 1.807) is 0 Å². The van der Waals surface area contributed by atoms with Crippen LogP contribution in [0.25, 0.3) is 72.4 Å². The molecule has 1 aromatic heterocycles. The molecule has 4 fully saturated rings. The summed E-state index contributed by atoms with van der Waals surface area (Å²) in [6.07, 6.45) is 6.65. The van der Waals surface area contributed by atoms with Crippen LogP contribution in [-0.2, 0) is 5.41 Å². The van der Waals surface area contributed by atoms with E-state index < -0.39 is 0 Å². The van der Waals surface area contributed by atoms with Gasteiger partial charge in [-0.2, -0.15) is 0 Å². The molecule has 7 aromatic rings. The Bertz CT molecular complexity index is 2550. The fourth-order valence-corrected chi connectivity index (χ4v) is 11.3. The summed E-state index contributed by atoms with van der Waals surface area (Å²) >= 11 is 0. The van der Waals surface area contributed by atoms with Crippen molar-refractivity contribution in [1.82, 2.24) is 15.0 Å². The summed E-state index contributed by atoms with van der Waals surface area (Å²) in [7, 11) is 0. The predicted octanol–water partition coefficient (Wildman–Crippen LogP) is 12.5. The second-order valence-electron chi connectivity index (χ2n) is 15.9. The number of hydrogen-bond donors (Lipinski definition) is 0. The van der Waals surface area contributed by atoms with E-state index in [1.165, 1.54) is 65.5 Å². The third kappa shape index (κ3) is 4.64. The summed E-state index contributed by atoms with van der Waals surface area (Å²) in [4.78, 5) is 19.3. The number of hydrogen-bond acceptors (Lipinski definition) is 3. The Morgan fingerprint density at radius 2 is 0.981 bits per heavy atom. The molecule has 258 valence electrons. The molecule has 5 aliphatic carbocycles. The normalized spacial score (nSPS) is 22.9. The first-order chi connectivity index (χ1) is 26.7. The van der Waals surface area contributed by atoms with E-state index >= 15 is 0 Å². The predicted molar refractivity (Wildman–Crippen MR) is 217 cm³/mol. The van der Waals surface area contributed by atoms with E-state index in [-0.39, 0.29) is 5.41 Å². The van der Waals surface area contributed by atoms with E-state index in [0.29, 0.717) is 29.3 Å². The number of fused-ring (bicyclic) bond motifs is 3. The molecule has 5 aliphatic rings. The van der Waals surface area contributed by atoms with Crippen LogP contribution in [0.1, 0.15) is 43.2 Å². The number of benzene rings is 6. The summed E-state index contributed by atoms with van der Waals surface area (Å²) in [5.41, 5.74) is 13.6. The van der Waals surface area contributed by atoms with E-state index in [9.17, 15) is 0 Å². The van der Waals surface area contributed by atoms with Gasteiger partial charge in [0.15, 0.2) is 23.2 Å². The van der Waals surface area contributed by atoms with Crippen molar-refractivity contribution in [1.29, 1.82) is 0 Å². The Labute approximate surface area is 316 Å². The van der Waals surface area contributed by atoms with Crippen molar-refractivity contribution in [2.75, 3.05) is 0 Å². The van der Waals surface area contributed by atoms with Gasteiger partial charge in [0, 0.05) is 22.1 Å². The summed E-state index contributed by atoms with van der Waals surface area (Å²) in [6.45, 7) is 8.18. The molecule has 0 amide bonds. The first kappa shape index (κ1) is 31.4. The minimum absolute atomic E-state index is 0.0196. The highest BCUT2D eigenvalue weighted by molar-refractivity contribution is 5.95. The maximum Gasteiger partial charge on any atom is 0.195 e. The summed E-state index contributed by atoms with van der Waals surface area (Å²) in [6, 6.07) is 51.4. The average molecular weight is 695 g/mol. The van der Waals surface area contributed by atoms with Gasteiger partial charge in [0.2, 0.25) is 0 Å². The smallest absolute Gasteiger partial charge is 0.195 e. The standard InChI is InChI=1S/C50H38N4/c1-51-45-22-12-21-43-46(45)42-24-23-35(30-44(42)50(43)36-26-31-25-32(28-36)29-37(50)27-31)38-17-8-9-18-39(38)40-19-10-11-20-41(40)49-53-47(33-13-4-2-5-14-33)52-48(54-49)34-15-6-3-7-16-34/h2-24,30-32,36-37H,25-29H2. The zero-order valence-corrected chi connectivity index (χ0v) is 30.0. The lowest BCUT2D eigenvalue weighted by Gasteiger charge is -2.61. The molecule has 6 aromatic carbocycles. The lowest BCUT2D eigenvalue weighted by Crippen LogP contribution is -2.55. The molecule has 4 saturated carbocycles. The average Bonchev–Trinajstić information content (AvgIpc) is 3.53. The molecule has 4 heteroatoms. The largest absolute Gasteiger partial charge is 0.238 e. The fourth-order valence-electron chi connectivity index (χ4n) is 11.3. The molecule has 0 atom stereocenters. The van der Waals surface area contributed by atoms with Gasteiger partial charge in [0.1, 0.15) is 0 Å². The molecule has 1 spiro atoms. The molecule has 0 aliphatic heterocycles. The van der Waals surface area contributed by atoms with Crippen molar-refractivity contribution in [2.45, 2.75) is 37.5 Å². The first-order valence-electron chi connectivity index (χ1n) is 19.4. The molecular weight excluding hydrogens is 657 g/mol. The van der Waals surface area contributed by atoms with Gasteiger partial charge in [-0.05, 0) is 106 Å². The van der Waals surface area contributed by atoms with Gasteiger partial charge in [-0.15, -0.1) is 0 Å². The molecule has 12 rings (SSSR count). The maximum absolute atomic E-state index is 8.18. The minimum atomic E-state index is -0.0196. The second kappa shape index (κ2) is 12.2. The van der Waals surface area contributed by atoms with Crippen LogP contribution in [0.15, 0.2) is 146 Å². The van der Waals surface area contributed by atoms with Gasteiger partial charge >= 0.3 is 0 Å². The molecule has 0 radical (unpaired) electrons. The van der Waals surface area contributed by atoms with Gasteiger partial charge in [-0.25, -0.2) is 19.8 Å². The van der Waals surface area contributed by atoms with Crippen LogP contribution in [-0.4, -0.2) is 15.0 Å². The Kier molecular flexibility index (Phi) is 7.07. The van der Waals surface area contributed by atoms with Crippen LogP contribution in [0.4, 0.5) is 5.69 Å². The van der Waals surface area contributed by atoms with E-state index in [0.717, 1.165) is 45.3 Å². The Hall–Kier alpha value is -6.18. The lowest BCUT2D eigenvalue weighted by molar-refractivity contribution is -0.0399. The molecule has 0 unspecified atom stereocenters. The SMILES string of the molecule is [C-]#[N+]c1cccc2c1-c1ccc(-c3ccccc3-c3ccccc3-c3nc(-c4ccccc4)nc(-c4ccccc4)n3)cc1C21C2CC3CC(C2)CC1C3. The molecule has 54 heavy (non-hydrogen) atoms. The van der Waals surface area contributed by atoms with E-state index in [2.05, 4.69) is 108 Å². The minimum Gasteiger partial charge on any atom is -0.238 e. The van der Waals surface area contributed by atoms with Crippen LogP contribution in [0.5, 0.6) is 0 Å². The van der Waals surface area contributed by atoms with Crippen LogP contribution >= 0.6 is 0 Å². The molecule has 4 bridgehead atoms. The van der Waals surface area contributed by atoms with Gasteiger partial charge < -0.3 is 0 Å². The summed E-state index contributed by atoms with van der Waals surface area (Å²) in [5.74, 6) is 4.92. The highest BCUT2D eigenvalue weighted by Crippen LogP contribution is 2.70. The van der Waals surface area contributed by atoms with Crippen molar-refractivity contribution < 1.29 is 0 Å². The quantitative estimate of drug-likeness (QED) is 0.168. The third-order valence-electron chi connectivity index (χ3n) is 13.2. The van der Waals surface area contributed by atoms with Gasteiger partial charge in [-0.1, -0.05) is 140 Å². The van der Waals surface area contributed by atoms with Crippen LogP contribution < -0.4 is 0 Å². The van der Waals surface area contributed by atoms with Crippen molar-refractivity contribution >= 4 is 5.69 Å². The van der Waals surface area contributed by atoms with Crippen molar-refractivity contribution in [2.24, 2.45) is 23.7 Å². The zero-order chi connectivity index (χ0) is 35.8. The maximum atomic E-state index is 8.18. The molecule has 0 saturated heterocycles. The van der Waals surface area contributed by atoms with Gasteiger partial charge in [0.25, 0.3) is 0 Å². The number of rotatable bonds is 5. The highest BCUT2D eigenvalue weighted by atomic mass is 15.0. The van der Waals surface area contributed by atoms with Crippen molar-refractivity contribution in [3.05, 3.63) is 168 Å². The summed E-state index contributed by atoms with van der Waals surface area (Å²) in [5, 5.41) is 0. The van der Waals surface area contributed by atoms with Crippen LogP contribution in [0, 0.1) is 30.2 Å². The molecular formula is C50H38N4. The van der Waals surface area contributed by atoms with Crippen molar-refractivity contribution in [3.63, 3.8) is 0 Å². The van der Waals surface area contributed by atoms with Gasteiger partial charge in [0.05, 0.1) is 6.57 Å².